The fourth-order valence-electron chi connectivity index (χ4n) is 1.40. The first-order valence-corrected chi connectivity index (χ1v) is 3.73. The number of hydrogen-bond donors (Lipinski definition) is 0. The van der Waals surface area contributed by atoms with Crippen molar-refractivity contribution >= 4 is 0 Å². The third-order valence-electron chi connectivity index (χ3n) is 1.85. The van der Waals surface area contributed by atoms with Crippen LogP contribution in [0.15, 0.2) is 30.7 Å². The van der Waals surface area contributed by atoms with Crippen molar-refractivity contribution < 1.29 is 4.52 Å². The van der Waals surface area contributed by atoms with Gasteiger partial charge in [-0.15, -0.1) is 4.52 Å². The van der Waals surface area contributed by atoms with Gasteiger partial charge in [0, 0.05) is 11.6 Å². The van der Waals surface area contributed by atoms with E-state index in [0.29, 0.717) is 0 Å². The molecule has 0 bridgehead atoms. The third kappa shape index (κ3) is 0.909. The Hall–Kier alpha value is -1.31. The Labute approximate surface area is 65.7 Å². The molecule has 2 heteroatoms. The molecule has 0 spiro atoms. The number of fused-ring (bicyclic) bond motifs is 1. The molecule has 0 unspecified atom stereocenters. The van der Waals surface area contributed by atoms with Gasteiger partial charge in [0.15, 0.2) is 0 Å². The fourth-order valence-corrected chi connectivity index (χ4v) is 1.40. The summed E-state index contributed by atoms with van der Waals surface area (Å²) in [6.45, 7) is 4.21. The van der Waals surface area contributed by atoms with Gasteiger partial charge >= 0.3 is 0 Å². The van der Waals surface area contributed by atoms with Crippen LogP contribution in [0.3, 0.4) is 0 Å². The Morgan fingerprint density at radius 1 is 1.36 bits per heavy atom. The van der Waals surface area contributed by atoms with E-state index in [4.69, 9.17) is 0 Å². The predicted molar refractivity (Wildman–Crippen MR) is 42.5 cm³/mol. The van der Waals surface area contributed by atoms with Gasteiger partial charge in [-0.25, -0.2) is 0 Å². The Morgan fingerprint density at radius 2 is 2.18 bits per heavy atom. The lowest BCUT2D eigenvalue weighted by atomic mass is 10.3. The molecule has 0 N–H and O–H groups in total. The SMILES string of the molecule is Cc1cc(C)n2ccc[n+]2c1. The van der Waals surface area contributed by atoms with E-state index in [1.54, 1.807) is 0 Å². The quantitative estimate of drug-likeness (QED) is 0.494. The average molecular weight is 147 g/mol. The van der Waals surface area contributed by atoms with Crippen LogP contribution >= 0.6 is 0 Å². The second kappa shape index (κ2) is 2.09. The minimum absolute atomic E-state index is 1.26. The lowest BCUT2D eigenvalue weighted by molar-refractivity contribution is -0.618. The molecule has 0 atom stereocenters. The van der Waals surface area contributed by atoms with Gasteiger partial charge in [-0.1, -0.05) is 4.52 Å². The molecule has 2 aromatic rings. The average Bonchev–Trinajstić information content (AvgIpc) is 2.34. The highest BCUT2D eigenvalue weighted by Gasteiger charge is 2.02. The first-order chi connectivity index (χ1) is 5.27. The highest BCUT2D eigenvalue weighted by atomic mass is 15.3. The third-order valence-corrected chi connectivity index (χ3v) is 1.85. The molecule has 2 heterocycles. The standard InChI is InChI=1S/C9H11N2/c1-8-6-9(2)11-5-3-4-10(11)7-8/h3-7H,1-2H3/q+1. The van der Waals surface area contributed by atoms with E-state index in [9.17, 15) is 0 Å². The highest BCUT2D eigenvalue weighted by molar-refractivity contribution is 5.08. The fraction of sp³-hybridized carbons (Fsp3) is 0.222. The maximum atomic E-state index is 2.17. The van der Waals surface area contributed by atoms with Crippen molar-refractivity contribution in [3.05, 3.63) is 42.0 Å². The number of aryl methyl sites for hydroxylation is 2. The second-order valence-corrected chi connectivity index (χ2v) is 2.87. The second-order valence-electron chi connectivity index (χ2n) is 2.87. The molecule has 2 aromatic heterocycles. The Morgan fingerprint density at radius 3 is 3.00 bits per heavy atom. The Kier molecular flexibility index (Phi) is 1.22. The largest absolute Gasteiger partial charge is 0.203 e. The van der Waals surface area contributed by atoms with E-state index in [0.717, 1.165) is 0 Å². The van der Waals surface area contributed by atoms with Crippen LogP contribution in [0.4, 0.5) is 0 Å². The van der Waals surface area contributed by atoms with Crippen LogP contribution in [0.2, 0.25) is 0 Å². The maximum absolute atomic E-state index is 2.17. The Bertz CT molecular complexity index is 387. The summed E-state index contributed by atoms with van der Waals surface area (Å²) >= 11 is 0. The van der Waals surface area contributed by atoms with Crippen molar-refractivity contribution in [2.24, 2.45) is 0 Å². The molecule has 0 saturated carbocycles. The molecule has 0 amide bonds. The molecule has 0 radical (unpaired) electrons. The van der Waals surface area contributed by atoms with E-state index < -0.39 is 0 Å². The van der Waals surface area contributed by atoms with Crippen LogP contribution in [-0.2, 0) is 0 Å². The molecule has 0 fully saturated rings. The first-order valence-electron chi connectivity index (χ1n) is 3.73. The summed E-state index contributed by atoms with van der Waals surface area (Å²) in [6.07, 6.45) is 6.20. The topological polar surface area (TPSA) is 8.51 Å². The van der Waals surface area contributed by atoms with Gasteiger partial charge in [-0.2, -0.15) is 0 Å². The van der Waals surface area contributed by atoms with E-state index in [-0.39, 0.29) is 0 Å². The van der Waals surface area contributed by atoms with Crippen LogP contribution in [0.5, 0.6) is 0 Å². The van der Waals surface area contributed by atoms with Crippen molar-refractivity contribution in [2.75, 3.05) is 0 Å². The van der Waals surface area contributed by atoms with Gasteiger partial charge in [0.2, 0.25) is 12.4 Å². The molecule has 0 aliphatic rings. The molecule has 2 rings (SSSR count). The van der Waals surface area contributed by atoms with Crippen LogP contribution < -0.4 is 4.52 Å². The van der Waals surface area contributed by atoms with Crippen LogP contribution in [0.1, 0.15) is 11.3 Å². The van der Waals surface area contributed by atoms with Crippen LogP contribution in [-0.4, -0.2) is 4.52 Å². The molecule has 56 valence electrons. The van der Waals surface area contributed by atoms with Crippen molar-refractivity contribution in [2.45, 2.75) is 13.8 Å². The lowest BCUT2D eigenvalue weighted by Crippen LogP contribution is -2.28. The van der Waals surface area contributed by atoms with Gasteiger partial charge in [-0.3, -0.25) is 0 Å². The van der Waals surface area contributed by atoms with Crippen LogP contribution in [0, 0.1) is 13.8 Å². The molecule has 2 nitrogen and oxygen atoms in total. The molecule has 11 heavy (non-hydrogen) atoms. The maximum Gasteiger partial charge on any atom is 0.203 e. The zero-order chi connectivity index (χ0) is 7.84. The summed E-state index contributed by atoms with van der Waals surface area (Å²) in [5.74, 6) is 0. The summed E-state index contributed by atoms with van der Waals surface area (Å²) in [7, 11) is 0. The minimum atomic E-state index is 1.26. The summed E-state index contributed by atoms with van der Waals surface area (Å²) < 4.78 is 4.18. The van der Waals surface area contributed by atoms with E-state index >= 15 is 0 Å². The number of hydrogen-bond acceptors (Lipinski definition) is 0. The van der Waals surface area contributed by atoms with Crippen LogP contribution in [0.25, 0.3) is 0 Å². The highest BCUT2D eigenvalue weighted by Crippen LogP contribution is 1.97. The molecule has 0 aromatic carbocycles. The van der Waals surface area contributed by atoms with Gasteiger partial charge in [0.25, 0.3) is 0 Å². The van der Waals surface area contributed by atoms with Crippen molar-refractivity contribution in [1.82, 2.24) is 4.52 Å². The summed E-state index contributed by atoms with van der Waals surface area (Å²) in [5.41, 5.74) is 2.55. The van der Waals surface area contributed by atoms with Crippen molar-refractivity contribution in [3.8, 4) is 0 Å². The smallest absolute Gasteiger partial charge is 0.128 e. The molecule has 0 aliphatic carbocycles. The summed E-state index contributed by atoms with van der Waals surface area (Å²) in [5, 5.41) is 0. The predicted octanol–water partition coefficient (Wildman–Crippen LogP) is 1.14. The minimum Gasteiger partial charge on any atom is -0.128 e. The number of rotatable bonds is 0. The summed E-state index contributed by atoms with van der Waals surface area (Å²) in [6, 6.07) is 4.20. The van der Waals surface area contributed by atoms with E-state index in [2.05, 4.69) is 41.3 Å². The molecular formula is C9H11N2+. The molecular weight excluding hydrogens is 136 g/mol. The monoisotopic (exact) mass is 147 g/mol. The normalized spacial score (nSPS) is 10.7. The molecule has 0 aliphatic heterocycles. The van der Waals surface area contributed by atoms with E-state index in [1.165, 1.54) is 11.3 Å². The number of aromatic nitrogens is 2. The zero-order valence-electron chi connectivity index (χ0n) is 6.78. The number of nitrogens with zero attached hydrogens (tertiary/aromatic N) is 2. The summed E-state index contributed by atoms with van der Waals surface area (Å²) in [4.78, 5) is 0. The zero-order valence-corrected chi connectivity index (χ0v) is 6.78. The van der Waals surface area contributed by atoms with Gasteiger partial charge in [-0.05, 0) is 19.9 Å². The van der Waals surface area contributed by atoms with Gasteiger partial charge in [0.1, 0.15) is 0 Å². The van der Waals surface area contributed by atoms with E-state index in [1.807, 2.05) is 12.3 Å². The van der Waals surface area contributed by atoms with Gasteiger partial charge in [0.05, 0.1) is 11.9 Å². The van der Waals surface area contributed by atoms with Crippen molar-refractivity contribution in [1.29, 1.82) is 0 Å². The Balaban J connectivity index is 2.91. The lowest BCUT2D eigenvalue weighted by Gasteiger charge is -1.94. The molecule has 0 saturated heterocycles. The van der Waals surface area contributed by atoms with Crippen molar-refractivity contribution in [3.63, 3.8) is 0 Å². The first kappa shape index (κ1) is 6.40. The van der Waals surface area contributed by atoms with Gasteiger partial charge < -0.3 is 0 Å².